The van der Waals surface area contributed by atoms with Gasteiger partial charge in [0.1, 0.15) is 0 Å². The van der Waals surface area contributed by atoms with Crippen LogP contribution < -0.4 is 0 Å². The van der Waals surface area contributed by atoms with Gasteiger partial charge >= 0.3 is 12.1 Å². The minimum atomic E-state index is -4.54. The van der Waals surface area contributed by atoms with Gasteiger partial charge in [0.2, 0.25) is 0 Å². The quantitative estimate of drug-likeness (QED) is 0.922. The highest BCUT2D eigenvalue weighted by atomic mass is 19.4. The zero-order chi connectivity index (χ0) is 16.8. The summed E-state index contributed by atoms with van der Waals surface area (Å²) < 4.78 is 39.5. The average molecular weight is 328 g/mol. The fourth-order valence-electron chi connectivity index (χ4n) is 3.69. The number of alkyl halides is 3. The number of likely N-dealkylation sites (tertiary alicyclic amines) is 2. The van der Waals surface area contributed by atoms with Gasteiger partial charge in [0.25, 0.3) is 0 Å². The first kappa shape index (κ1) is 16.3. The fourth-order valence-corrected chi connectivity index (χ4v) is 3.69. The van der Waals surface area contributed by atoms with Crippen LogP contribution in [0.5, 0.6) is 0 Å². The van der Waals surface area contributed by atoms with E-state index in [1.807, 2.05) is 4.90 Å². The Morgan fingerprint density at radius 3 is 2.35 bits per heavy atom. The molecule has 126 valence electrons. The minimum Gasteiger partial charge on any atom is -0.478 e. The van der Waals surface area contributed by atoms with Crippen LogP contribution in [0.3, 0.4) is 0 Å². The predicted octanol–water partition coefficient (Wildman–Crippen LogP) is 2.54. The first-order chi connectivity index (χ1) is 10.7. The number of hydrogen-bond donors (Lipinski definition) is 1. The van der Waals surface area contributed by atoms with E-state index >= 15 is 0 Å². The number of hydrogen-bond acceptors (Lipinski definition) is 3. The molecule has 2 heterocycles. The molecule has 4 nitrogen and oxygen atoms in total. The number of carboxylic acid groups (broad SMARTS) is 1. The molecule has 0 radical (unpaired) electrons. The number of halogens is 3. The Balaban J connectivity index is 1.70. The second kappa shape index (κ2) is 5.49. The van der Waals surface area contributed by atoms with Gasteiger partial charge in [0.15, 0.2) is 0 Å². The van der Waals surface area contributed by atoms with E-state index in [-0.39, 0.29) is 23.1 Å². The third kappa shape index (κ3) is 3.07. The predicted molar refractivity (Wildman–Crippen MR) is 78.2 cm³/mol. The van der Waals surface area contributed by atoms with Gasteiger partial charge in [-0.05, 0) is 24.2 Å². The lowest BCUT2D eigenvalue weighted by Crippen LogP contribution is -2.71. The second-order valence-electron chi connectivity index (χ2n) is 6.62. The third-order valence-electron chi connectivity index (χ3n) is 4.74. The Morgan fingerprint density at radius 2 is 1.83 bits per heavy atom. The van der Waals surface area contributed by atoms with Crippen LogP contribution in [0, 0.1) is 5.41 Å². The number of carboxylic acids is 1. The van der Waals surface area contributed by atoms with Crippen molar-refractivity contribution < 1.29 is 23.1 Å². The summed E-state index contributed by atoms with van der Waals surface area (Å²) in [7, 11) is 0. The van der Waals surface area contributed by atoms with Crippen molar-refractivity contribution >= 4 is 5.97 Å². The van der Waals surface area contributed by atoms with Crippen molar-refractivity contribution in [2.45, 2.75) is 19.6 Å². The first-order valence-corrected chi connectivity index (χ1v) is 7.60. The van der Waals surface area contributed by atoms with Crippen LogP contribution in [0.2, 0.25) is 0 Å². The molecule has 0 unspecified atom stereocenters. The van der Waals surface area contributed by atoms with Crippen molar-refractivity contribution in [2.24, 2.45) is 5.41 Å². The summed E-state index contributed by atoms with van der Waals surface area (Å²) in [5, 5.41) is 8.88. The van der Waals surface area contributed by atoms with Crippen LogP contribution in [0.15, 0.2) is 18.2 Å². The largest absolute Gasteiger partial charge is 0.478 e. The van der Waals surface area contributed by atoms with Gasteiger partial charge in [-0.1, -0.05) is 13.0 Å². The van der Waals surface area contributed by atoms with E-state index < -0.39 is 17.7 Å². The summed E-state index contributed by atoms with van der Waals surface area (Å²) >= 11 is 0. The Morgan fingerprint density at radius 1 is 1.22 bits per heavy atom. The number of carbonyl (C=O) groups is 1. The highest BCUT2D eigenvalue weighted by Gasteiger charge is 2.51. The van der Waals surface area contributed by atoms with Crippen LogP contribution in [0.1, 0.15) is 28.4 Å². The van der Waals surface area contributed by atoms with Crippen molar-refractivity contribution in [3.05, 3.63) is 34.9 Å². The molecule has 1 aromatic rings. The summed E-state index contributed by atoms with van der Waals surface area (Å²) in [6.07, 6.45) is -4.54. The van der Waals surface area contributed by atoms with Crippen LogP contribution in [0.4, 0.5) is 13.2 Å². The van der Waals surface area contributed by atoms with E-state index in [9.17, 15) is 18.0 Å². The Bertz CT molecular complexity index is 616. The van der Waals surface area contributed by atoms with Crippen LogP contribution in [-0.4, -0.2) is 53.6 Å². The molecule has 2 aliphatic rings. The van der Waals surface area contributed by atoms with E-state index in [1.165, 1.54) is 12.1 Å². The Kier molecular flexibility index (Phi) is 3.88. The molecule has 2 saturated heterocycles. The maximum atomic E-state index is 13.2. The molecule has 1 spiro atoms. The molecule has 3 rings (SSSR count). The normalized spacial score (nSPS) is 21.0. The van der Waals surface area contributed by atoms with Gasteiger partial charge in [0.05, 0.1) is 11.1 Å². The molecular weight excluding hydrogens is 309 g/mol. The molecule has 7 heteroatoms. The summed E-state index contributed by atoms with van der Waals surface area (Å²) in [6, 6.07) is 3.26. The van der Waals surface area contributed by atoms with Gasteiger partial charge in [-0.25, -0.2) is 4.79 Å². The minimum absolute atomic E-state index is 0.143. The SMILES string of the molecule is CCN1CC2(C1)CN(Cc1ccc(C(=O)O)cc1C(F)(F)F)C2. The molecule has 2 aliphatic heterocycles. The number of rotatable bonds is 4. The molecule has 0 saturated carbocycles. The van der Waals surface area contributed by atoms with Crippen molar-refractivity contribution in [1.29, 1.82) is 0 Å². The smallest absolute Gasteiger partial charge is 0.416 e. The van der Waals surface area contributed by atoms with Crippen LogP contribution in [0.25, 0.3) is 0 Å². The van der Waals surface area contributed by atoms with Crippen molar-refractivity contribution in [3.63, 3.8) is 0 Å². The Labute approximate surface area is 132 Å². The zero-order valence-corrected chi connectivity index (χ0v) is 12.9. The summed E-state index contributed by atoms with van der Waals surface area (Å²) in [6.45, 7) is 6.97. The summed E-state index contributed by atoms with van der Waals surface area (Å²) in [5.74, 6) is -1.35. The van der Waals surface area contributed by atoms with E-state index in [2.05, 4.69) is 11.8 Å². The fraction of sp³-hybridized carbons (Fsp3) is 0.562. The summed E-state index contributed by atoms with van der Waals surface area (Å²) in [5.41, 5.74) is -0.778. The van der Waals surface area contributed by atoms with E-state index in [4.69, 9.17) is 5.11 Å². The van der Waals surface area contributed by atoms with Crippen molar-refractivity contribution in [2.75, 3.05) is 32.7 Å². The van der Waals surface area contributed by atoms with Crippen molar-refractivity contribution in [3.8, 4) is 0 Å². The molecule has 1 N–H and O–H groups in total. The molecule has 2 fully saturated rings. The topological polar surface area (TPSA) is 43.8 Å². The maximum Gasteiger partial charge on any atom is 0.416 e. The van der Waals surface area contributed by atoms with E-state index in [0.29, 0.717) is 0 Å². The lowest BCUT2D eigenvalue weighted by molar-refractivity contribution is -0.140. The Hall–Kier alpha value is -1.60. The lowest BCUT2D eigenvalue weighted by atomic mass is 9.72. The van der Waals surface area contributed by atoms with E-state index in [1.54, 1.807) is 0 Å². The average Bonchev–Trinajstić information content (AvgIpc) is 2.38. The molecule has 0 atom stereocenters. The van der Waals surface area contributed by atoms with Crippen molar-refractivity contribution in [1.82, 2.24) is 9.80 Å². The number of benzene rings is 1. The first-order valence-electron chi connectivity index (χ1n) is 7.60. The highest BCUT2D eigenvalue weighted by Crippen LogP contribution is 2.41. The zero-order valence-electron chi connectivity index (χ0n) is 12.9. The van der Waals surface area contributed by atoms with Gasteiger partial charge in [-0.15, -0.1) is 0 Å². The third-order valence-corrected chi connectivity index (χ3v) is 4.74. The molecule has 23 heavy (non-hydrogen) atoms. The molecule has 0 aliphatic carbocycles. The second-order valence-corrected chi connectivity index (χ2v) is 6.62. The molecule has 0 amide bonds. The molecular formula is C16H19F3N2O2. The van der Waals surface area contributed by atoms with Crippen LogP contribution >= 0.6 is 0 Å². The molecule has 0 bridgehead atoms. The maximum absolute atomic E-state index is 13.2. The highest BCUT2D eigenvalue weighted by molar-refractivity contribution is 5.88. The monoisotopic (exact) mass is 328 g/mol. The lowest BCUT2D eigenvalue weighted by Gasteiger charge is -2.60. The van der Waals surface area contributed by atoms with Gasteiger partial charge in [-0.2, -0.15) is 13.2 Å². The molecule has 0 aromatic heterocycles. The number of nitrogens with zero attached hydrogens (tertiary/aromatic N) is 2. The van der Waals surface area contributed by atoms with Gasteiger partial charge in [0, 0.05) is 38.1 Å². The number of aromatic carboxylic acids is 1. The van der Waals surface area contributed by atoms with Crippen LogP contribution in [-0.2, 0) is 12.7 Å². The van der Waals surface area contributed by atoms with Gasteiger partial charge in [-0.3, -0.25) is 4.90 Å². The molecule has 1 aromatic carbocycles. The van der Waals surface area contributed by atoms with E-state index in [0.717, 1.165) is 38.8 Å². The summed E-state index contributed by atoms with van der Waals surface area (Å²) in [4.78, 5) is 15.2. The van der Waals surface area contributed by atoms with Gasteiger partial charge < -0.3 is 10.0 Å². The standard InChI is InChI=1S/C16H19F3N2O2/c1-2-20-7-15(8-20)9-21(10-15)6-12-4-3-11(14(22)23)5-13(12)16(17,18)19/h3-5H,2,6-10H2,1H3,(H,22,23).